The molecule has 40 heavy (non-hydrogen) atoms. The number of carbonyl (C=O) groups excluding carboxylic acids is 1. The molecule has 0 aromatic heterocycles. The monoisotopic (exact) mass is 524 g/mol. The Bertz CT molecular complexity index is 1790. The number of benzene rings is 5. The van der Waals surface area contributed by atoms with E-state index in [1.807, 2.05) is 78.9 Å². The van der Waals surface area contributed by atoms with Crippen LogP contribution in [-0.4, -0.2) is 5.97 Å². The first-order valence-electron chi connectivity index (χ1n) is 13.4. The first-order chi connectivity index (χ1) is 19.4. The molecule has 0 fully saturated rings. The zero-order valence-corrected chi connectivity index (χ0v) is 22.5. The van der Waals surface area contributed by atoms with Crippen LogP contribution in [0.3, 0.4) is 0 Å². The van der Waals surface area contributed by atoms with Crippen LogP contribution < -0.4 is 15.4 Å². The van der Waals surface area contributed by atoms with E-state index in [1.165, 1.54) is 0 Å². The van der Waals surface area contributed by atoms with Gasteiger partial charge in [0.05, 0.1) is 5.56 Å². The summed E-state index contributed by atoms with van der Waals surface area (Å²) in [4.78, 5) is 13.3. The van der Waals surface area contributed by atoms with E-state index >= 15 is 0 Å². The zero-order chi connectivity index (χ0) is 27.4. The van der Waals surface area contributed by atoms with Crippen LogP contribution in [0.2, 0.25) is 0 Å². The van der Waals surface area contributed by atoms with Crippen LogP contribution in [0.15, 0.2) is 103 Å². The molecule has 1 atom stereocenters. The van der Waals surface area contributed by atoms with Gasteiger partial charge in [-0.3, -0.25) is 0 Å². The highest BCUT2D eigenvalue weighted by Gasteiger charge is 2.53. The maximum absolute atomic E-state index is 13.3. The zero-order valence-electron chi connectivity index (χ0n) is 22.5. The molecular formula is C35H28N2O3. The largest absolute Gasteiger partial charge is 0.456 e. The van der Waals surface area contributed by atoms with Gasteiger partial charge in [0.25, 0.3) is 0 Å². The van der Waals surface area contributed by atoms with Gasteiger partial charge in [0.1, 0.15) is 11.5 Å². The molecule has 0 aliphatic carbocycles. The number of para-hydroxylation sites is 2. The van der Waals surface area contributed by atoms with Crippen LogP contribution in [0, 0.1) is 20.8 Å². The fraction of sp³-hybridized carbons (Fsp3) is 0.114. The Kier molecular flexibility index (Phi) is 5.42. The molecule has 1 spiro atoms. The molecule has 7 rings (SSSR count). The number of hydrogen-bond donors (Lipinski definition) is 2. The molecule has 5 aromatic rings. The second-order valence-corrected chi connectivity index (χ2v) is 10.5. The van der Waals surface area contributed by atoms with Crippen molar-refractivity contribution in [3.63, 3.8) is 0 Å². The third-order valence-corrected chi connectivity index (χ3v) is 7.86. The summed E-state index contributed by atoms with van der Waals surface area (Å²) in [5, 5.41) is 7.10. The fourth-order valence-corrected chi connectivity index (χ4v) is 5.87. The van der Waals surface area contributed by atoms with E-state index in [1.54, 1.807) is 0 Å². The number of ether oxygens (including phenoxy) is 2. The highest BCUT2D eigenvalue weighted by Crippen LogP contribution is 2.57. The summed E-state index contributed by atoms with van der Waals surface area (Å²) in [5.74, 6) is 0.969. The normalized spacial score (nSPS) is 16.4. The van der Waals surface area contributed by atoms with Crippen LogP contribution in [0.1, 0.15) is 43.7 Å². The Morgan fingerprint density at radius 2 is 1.32 bits per heavy atom. The molecule has 0 saturated carbocycles. The Morgan fingerprint density at radius 1 is 0.600 bits per heavy atom. The summed E-state index contributed by atoms with van der Waals surface area (Å²) in [6.45, 7) is 6.25. The average molecular weight is 525 g/mol. The summed E-state index contributed by atoms with van der Waals surface area (Å²) in [7, 11) is 0. The molecule has 5 nitrogen and oxygen atoms in total. The summed E-state index contributed by atoms with van der Waals surface area (Å²) in [6, 6.07) is 34.0. The number of anilines is 4. The fourth-order valence-electron chi connectivity index (χ4n) is 5.87. The summed E-state index contributed by atoms with van der Waals surface area (Å²) >= 11 is 0. The molecule has 2 aliphatic heterocycles. The van der Waals surface area contributed by atoms with E-state index in [0.29, 0.717) is 17.1 Å². The van der Waals surface area contributed by atoms with E-state index in [2.05, 4.69) is 55.7 Å². The smallest absolute Gasteiger partial charge is 0.340 e. The molecule has 2 heterocycles. The highest BCUT2D eigenvalue weighted by atomic mass is 16.6. The van der Waals surface area contributed by atoms with Crippen molar-refractivity contribution >= 4 is 28.7 Å². The lowest BCUT2D eigenvalue weighted by Gasteiger charge is -2.37. The second kappa shape index (κ2) is 9.02. The number of rotatable bonds is 4. The summed E-state index contributed by atoms with van der Waals surface area (Å²) in [5.41, 5.74) is 9.03. The van der Waals surface area contributed by atoms with E-state index in [-0.39, 0.29) is 5.97 Å². The van der Waals surface area contributed by atoms with Gasteiger partial charge in [-0.1, -0.05) is 54.6 Å². The SMILES string of the molecule is Cc1cc2c(cc1Nc1c(C)cccc1C)C1(OC(=O)c3ccccc31)c1ccc(Nc3ccccc3)cc1O2. The van der Waals surface area contributed by atoms with Crippen molar-refractivity contribution in [2.45, 2.75) is 26.4 Å². The predicted octanol–water partition coefficient (Wildman–Crippen LogP) is 8.67. The van der Waals surface area contributed by atoms with E-state index in [4.69, 9.17) is 9.47 Å². The van der Waals surface area contributed by atoms with E-state index in [0.717, 1.165) is 56.1 Å². The van der Waals surface area contributed by atoms with Crippen molar-refractivity contribution in [1.29, 1.82) is 0 Å². The minimum atomic E-state index is -1.13. The molecule has 0 amide bonds. The number of fused-ring (bicyclic) bond motifs is 6. The number of hydrogen-bond acceptors (Lipinski definition) is 5. The van der Waals surface area contributed by atoms with Crippen molar-refractivity contribution in [1.82, 2.24) is 0 Å². The maximum Gasteiger partial charge on any atom is 0.340 e. The van der Waals surface area contributed by atoms with Gasteiger partial charge < -0.3 is 20.1 Å². The van der Waals surface area contributed by atoms with Crippen molar-refractivity contribution in [3.8, 4) is 11.5 Å². The Balaban J connectivity index is 1.41. The third-order valence-electron chi connectivity index (χ3n) is 7.86. The Labute approximate surface area is 233 Å². The van der Waals surface area contributed by atoms with Crippen LogP contribution in [0.4, 0.5) is 22.7 Å². The number of nitrogens with one attached hydrogen (secondary N) is 2. The lowest BCUT2D eigenvalue weighted by molar-refractivity contribution is 0.0224. The molecule has 5 heteroatoms. The van der Waals surface area contributed by atoms with Gasteiger partial charge in [-0.15, -0.1) is 0 Å². The lowest BCUT2D eigenvalue weighted by atomic mass is 9.77. The van der Waals surface area contributed by atoms with Crippen molar-refractivity contribution in [3.05, 3.63) is 142 Å². The molecule has 2 aliphatic rings. The van der Waals surface area contributed by atoms with Crippen LogP contribution in [0.5, 0.6) is 11.5 Å². The molecule has 5 aromatic carbocycles. The molecule has 0 bridgehead atoms. The van der Waals surface area contributed by atoms with Gasteiger partial charge >= 0.3 is 5.97 Å². The molecule has 1 unspecified atom stereocenters. The van der Waals surface area contributed by atoms with Gasteiger partial charge in [0, 0.05) is 45.5 Å². The van der Waals surface area contributed by atoms with Gasteiger partial charge in [-0.05, 0) is 79.9 Å². The minimum Gasteiger partial charge on any atom is -0.456 e. The van der Waals surface area contributed by atoms with Crippen LogP contribution in [-0.2, 0) is 10.3 Å². The third kappa shape index (κ3) is 3.66. The average Bonchev–Trinajstić information content (AvgIpc) is 3.24. The predicted molar refractivity (Wildman–Crippen MR) is 158 cm³/mol. The van der Waals surface area contributed by atoms with Gasteiger partial charge in [0.2, 0.25) is 0 Å². The van der Waals surface area contributed by atoms with Gasteiger partial charge in [-0.25, -0.2) is 4.79 Å². The van der Waals surface area contributed by atoms with E-state index < -0.39 is 5.60 Å². The Morgan fingerprint density at radius 3 is 2.12 bits per heavy atom. The lowest BCUT2D eigenvalue weighted by Crippen LogP contribution is -2.33. The van der Waals surface area contributed by atoms with Crippen molar-refractivity contribution in [2.24, 2.45) is 0 Å². The van der Waals surface area contributed by atoms with Crippen molar-refractivity contribution < 1.29 is 14.3 Å². The molecule has 2 N–H and O–H groups in total. The van der Waals surface area contributed by atoms with Gasteiger partial charge in [-0.2, -0.15) is 0 Å². The van der Waals surface area contributed by atoms with Gasteiger partial charge in [0.15, 0.2) is 5.60 Å². The van der Waals surface area contributed by atoms with Crippen LogP contribution >= 0.6 is 0 Å². The molecular weight excluding hydrogens is 496 g/mol. The summed E-state index contributed by atoms with van der Waals surface area (Å²) < 4.78 is 13.0. The Hall–Kier alpha value is -5.03. The summed E-state index contributed by atoms with van der Waals surface area (Å²) in [6.07, 6.45) is 0. The molecule has 196 valence electrons. The first-order valence-corrected chi connectivity index (χ1v) is 13.4. The highest BCUT2D eigenvalue weighted by molar-refractivity contribution is 5.97. The maximum atomic E-state index is 13.3. The number of carbonyl (C=O) groups is 1. The first kappa shape index (κ1) is 24.0. The minimum absolute atomic E-state index is 0.342. The quantitative estimate of drug-likeness (QED) is 0.230. The topological polar surface area (TPSA) is 59.6 Å². The number of aryl methyl sites for hydroxylation is 3. The second-order valence-electron chi connectivity index (χ2n) is 10.5. The molecule has 0 radical (unpaired) electrons. The van der Waals surface area contributed by atoms with Crippen molar-refractivity contribution in [2.75, 3.05) is 10.6 Å². The standard InChI is InChI=1S/C35H28N2O3/c1-21-10-9-11-22(2)33(21)37-30-20-29-31(18-23(30)3)39-32-19-25(36-24-12-5-4-6-13-24)16-17-28(32)35(29)27-15-8-7-14-26(27)34(38)40-35/h4-20,36-37H,1-3H3. The van der Waals surface area contributed by atoms with Crippen LogP contribution in [0.25, 0.3) is 0 Å². The number of esters is 1. The molecule has 0 saturated heterocycles. The van der Waals surface area contributed by atoms with E-state index in [9.17, 15) is 4.79 Å².